The van der Waals surface area contributed by atoms with Gasteiger partial charge in [-0.2, -0.15) is 0 Å². The number of pyridine rings is 1. The molecule has 0 fully saturated rings. The molecule has 78 valence electrons. The molecule has 0 amide bonds. The van der Waals surface area contributed by atoms with Gasteiger partial charge in [-0.05, 0) is 23.6 Å². The summed E-state index contributed by atoms with van der Waals surface area (Å²) in [5.41, 5.74) is -0.349. The molecular weight excluding hydrogens is 264 g/mol. The van der Waals surface area contributed by atoms with Gasteiger partial charge in [-0.15, -0.1) is 0 Å². The SMILES string of the molecule is F[B-](F)(F)c1ccnc2ccc(Cl)cc12.[K+]. The van der Waals surface area contributed by atoms with Crippen LogP contribution in [0.15, 0.2) is 30.5 Å². The van der Waals surface area contributed by atoms with E-state index in [4.69, 9.17) is 11.6 Å². The van der Waals surface area contributed by atoms with Crippen molar-refractivity contribution in [3.63, 3.8) is 0 Å². The number of nitrogens with zero attached hydrogens (tertiary/aromatic N) is 1. The maximum atomic E-state index is 12.6. The summed E-state index contributed by atoms with van der Waals surface area (Å²) in [6, 6.07) is 5.25. The number of hydrogen-bond donors (Lipinski definition) is 0. The van der Waals surface area contributed by atoms with Gasteiger partial charge in [-0.25, -0.2) is 0 Å². The molecule has 1 aromatic heterocycles. The van der Waals surface area contributed by atoms with Crippen LogP contribution in [0.2, 0.25) is 5.02 Å². The Balaban J connectivity index is 0.00000128. The summed E-state index contributed by atoms with van der Waals surface area (Å²) in [6.45, 7) is -5.03. The molecule has 16 heavy (non-hydrogen) atoms. The van der Waals surface area contributed by atoms with Crippen LogP contribution < -0.4 is 56.8 Å². The van der Waals surface area contributed by atoms with Crippen molar-refractivity contribution in [2.45, 2.75) is 0 Å². The first-order chi connectivity index (χ1) is 6.98. The van der Waals surface area contributed by atoms with Crippen LogP contribution in [0, 0.1) is 0 Å². The fourth-order valence-corrected chi connectivity index (χ4v) is 1.60. The van der Waals surface area contributed by atoms with Crippen LogP contribution in [0.25, 0.3) is 10.9 Å². The van der Waals surface area contributed by atoms with E-state index < -0.39 is 12.4 Å². The summed E-state index contributed by atoms with van der Waals surface area (Å²) in [5.74, 6) is 0. The maximum Gasteiger partial charge on any atom is 1.00 e. The van der Waals surface area contributed by atoms with Crippen LogP contribution in [-0.2, 0) is 0 Å². The molecule has 7 heteroatoms. The van der Waals surface area contributed by atoms with Gasteiger partial charge in [0, 0.05) is 11.2 Å². The summed E-state index contributed by atoms with van der Waals surface area (Å²) in [4.78, 5) is 3.85. The van der Waals surface area contributed by atoms with E-state index in [1.54, 1.807) is 0 Å². The van der Waals surface area contributed by atoms with E-state index in [1.807, 2.05) is 0 Å². The van der Waals surface area contributed by atoms with E-state index in [2.05, 4.69) is 4.98 Å². The molecular formula is C9H5BClF3KN. The molecule has 0 bridgehead atoms. The van der Waals surface area contributed by atoms with E-state index in [9.17, 15) is 12.9 Å². The third-order valence-corrected chi connectivity index (χ3v) is 2.33. The van der Waals surface area contributed by atoms with E-state index in [1.165, 1.54) is 18.2 Å². The van der Waals surface area contributed by atoms with E-state index in [-0.39, 0.29) is 61.8 Å². The summed E-state index contributed by atoms with van der Waals surface area (Å²) >= 11 is 5.65. The molecule has 0 radical (unpaired) electrons. The number of hydrogen-bond acceptors (Lipinski definition) is 1. The Hall–Kier alpha value is 0.411. The molecule has 0 aliphatic carbocycles. The number of halogens is 4. The van der Waals surface area contributed by atoms with Crippen molar-refractivity contribution >= 4 is 34.9 Å². The van der Waals surface area contributed by atoms with Gasteiger partial charge in [-0.3, -0.25) is 4.98 Å². The minimum atomic E-state index is -5.03. The molecule has 0 saturated carbocycles. The van der Waals surface area contributed by atoms with E-state index in [0.29, 0.717) is 5.52 Å². The van der Waals surface area contributed by atoms with Crippen molar-refractivity contribution in [2.75, 3.05) is 0 Å². The van der Waals surface area contributed by atoms with E-state index >= 15 is 0 Å². The summed E-state index contributed by atoms with van der Waals surface area (Å²) in [5, 5.41) is 0.328. The molecule has 0 atom stereocenters. The third-order valence-electron chi connectivity index (χ3n) is 2.09. The van der Waals surface area contributed by atoms with Gasteiger partial charge in [0.2, 0.25) is 0 Å². The molecule has 1 heterocycles. The van der Waals surface area contributed by atoms with Gasteiger partial charge in [-0.1, -0.05) is 23.1 Å². The molecule has 0 aliphatic rings. The van der Waals surface area contributed by atoms with Crippen LogP contribution in [0.1, 0.15) is 0 Å². The Labute approximate surface area is 138 Å². The third kappa shape index (κ3) is 3.00. The van der Waals surface area contributed by atoms with Crippen LogP contribution in [0.5, 0.6) is 0 Å². The zero-order chi connectivity index (χ0) is 11.1. The van der Waals surface area contributed by atoms with Gasteiger partial charge >= 0.3 is 58.4 Å². The molecule has 0 spiro atoms. The first kappa shape index (κ1) is 14.5. The Morgan fingerprint density at radius 1 is 1.12 bits per heavy atom. The van der Waals surface area contributed by atoms with Crippen LogP contribution >= 0.6 is 11.6 Å². The monoisotopic (exact) mass is 269 g/mol. The molecule has 2 aromatic rings. The standard InChI is InChI=1S/C9H5BClF3N.K/c11-6-1-2-9-7(5-6)8(3-4-15-9)10(12,13)14;/h1-5H;/q-1;+1. The second kappa shape index (κ2) is 5.37. The largest absolute Gasteiger partial charge is 1.00 e. The normalized spacial score (nSPS) is 11.2. The minimum absolute atomic E-state index is 0. The summed E-state index contributed by atoms with van der Waals surface area (Å²) in [6.07, 6.45) is 1.15. The molecule has 0 unspecified atom stereocenters. The predicted octanol–water partition coefficient (Wildman–Crippen LogP) is -0.0534. The van der Waals surface area contributed by atoms with Crippen molar-refractivity contribution in [3.8, 4) is 0 Å². The van der Waals surface area contributed by atoms with Gasteiger partial charge in [0.05, 0.1) is 5.52 Å². The van der Waals surface area contributed by atoms with Gasteiger partial charge in [0.25, 0.3) is 0 Å². The quantitative estimate of drug-likeness (QED) is 0.662. The molecule has 1 nitrogen and oxygen atoms in total. The Bertz CT molecular complexity index is 518. The van der Waals surface area contributed by atoms with Crippen molar-refractivity contribution in [2.24, 2.45) is 0 Å². The van der Waals surface area contributed by atoms with Crippen LogP contribution in [-0.4, -0.2) is 12.0 Å². The Morgan fingerprint density at radius 3 is 2.44 bits per heavy atom. The smallest absolute Gasteiger partial charge is 0.445 e. The zero-order valence-electron chi connectivity index (χ0n) is 8.42. The predicted molar refractivity (Wildman–Crippen MR) is 55.5 cm³/mol. The second-order valence-corrected chi connectivity index (χ2v) is 3.57. The Kier molecular flexibility index (Phi) is 4.86. The molecule has 2 rings (SSSR count). The van der Waals surface area contributed by atoms with Gasteiger partial charge in [0.1, 0.15) is 0 Å². The number of aromatic nitrogens is 1. The average Bonchev–Trinajstić information content (AvgIpc) is 2.15. The molecule has 0 saturated heterocycles. The van der Waals surface area contributed by atoms with Crippen LogP contribution in [0.3, 0.4) is 0 Å². The summed E-state index contributed by atoms with van der Waals surface area (Å²) in [7, 11) is 0. The minimum Gasteiger partial charge on any atom is -0.445 e. The second-order valence-electron chi connectivity index (χ2n) is 3.14. The number of rotatable bonds is 1. The van der Waals surface area contributed by atoms with E-state index in [0.717, 1.165) is 12.3 Å². The maximum absolute atomic E-state index is 12.6. The number of fused-ring (bicyclic) bond motifs is 1. The van der Waals surface area contributed by atoms with Gasteiger partial charge < -0.3 is 12.9 Å². The average molecular weight is 270 g/mol. The topological polar surface area (TPSA) is 12.9 Å². The first-order valence-electron chi connectivity index (χ1n) is 4.22. The number of benzene rings is 1. The molecule has 1 aromatic carbocycles. The van der Waals surface area contributed by atoms with Crippen molar-refractivity contribution in [3.05, 3.63) is 35.5 Å². The molecule has 0 N–H and O–H groups in total. The van der Waals surface area contributed by atoms with Crippen molar-refractivity contribution < 1.29 is 64.3 Å². The fourth-order valence-electron chi connectivity index (χ4n) is 1.43. The zero-order valence-corrected chi connectivity index (χ0v) is 12.3. The first-order valence-corrected chi connectivity index (χ1v) is 4.60. The van der Waals surface area contributed by atoms with Crippen molar-refractivity contribution in [1.82, 2.24) is 4.98 Å². The fraction of sp³-hybridized carbons (Fsp3) is 0. The molecule has 0 aliphatic heterocycles. The Morgan fingerprint density at radius 2 is 1.81 bits per heavy atom. The van der Waals surface area contributed by atoms with Crippen LogP contribution in [0.4, 0.5) is 12.9 Å². The van der Waals surface area contributed by atoms with Gasteiger partial charge in [0.15, 0.2) is 0 Å². The summed E-state index contributed by atoms with van der Waals surface area (Å²) < 4.78 is 37.9. The van der Waals surface area contributed by atoms with Crippen molar-refractivity contribution in [1.29, 1.82) is 0 Å².